The van der Waals surface area contributed by atoms with Gasteiger partial charge in [-0.3, -0.25) is 4.79 Å². The minimum Gasteiger partial charge on any atom is -0.465 e. The van der Waals surface area contributed by atoms with Crippen LogP contribution in [0, 0.1) is 6.92 Å². The number of aryl methyl sites for hydroxylation is 1. The van der Waals surface area contributed by atoms with E-state index in [2.05, 4.69) is 5.10 Å². The van der Waals surface area contributed by atoms with Gasteiger partial charge in [-0.2, -0.15) is 5.10 Å². The zero-order chi connectivity index (χ0) is 17.8. The highest BCUT2D eigenvalue weighted by Gasteiger charge is 2.14. The number of carbonyl (C=O) groups is 2. The Morgan fingerprint density at radius 2 is 2.00 bits per heavy atom. The Morgan fingerprint density at radius 1 is 1.24 bits per heavy atom. The van der Waals surface area contributed by atoms with Crippen molar-refractivity contribution in [2.45, 2.75) is 13.3 Å². The zero-order valence-electron chi connectivity index (χ0n) is 14.1. The first kappa shape index (κ1) is 16.6. The average Bonchev–Trinajstić information content (AvgIpc) is 3.17. The summed E-state index contributed by atoms with van der Waals surface area (Å²) in [5, 5.41) is 4.21. The third-order valence-electron chi connectivity index (χ3n) is 4.14. The van der Waals surface area contributed by atoms with Gasteiger partial charge in [-0.1, -0.05) is 12.1 Å². The molecule has 0 unspecified atom stereocenters. The van der Waals surface area contributed by atoms with Gasteiger partial charge < -0.3 is 4.74 Å². The Labute approximate surface area is 145 Å². The number of hydrogen-bond donors (Lipinski definition) is 0. The van der Waals surface area contributed by atoms with Gasteiger partial charge >= 0.3 is 5.97 Å². The minimum absolute atomic E-state index is 0.297. The molecule has 25 heavy (non-hydrogen) atoms. The molecule has 5 nitrogen and oxygen atoms in total. The van der Waals surface area contributed by atoms with Crippen LogP contribution in [-0.4, -0.2) is 29.1 Å². The first-order chi connectivity index (χ1) is 12.1. The Balaban J connectivity index is 1.89. The van der Waals surface area contributed by atoms with Gasteiger partial charge in [-0.25, -0.2) is 9.48 Å². The Bertz CT molecular complexity index is 897. The van der Waals surface area contributed by atoms with Crippen LogP contribution in [0.2, 0.25) is 0 Å². The summed E-state index contributed by atoms with van der Waals surface area (Å²) < 4.78 is 6.57. The van der Waals surface area contributed by atoms with Crippen molar-refractivity contribution >= 4 is 12.3 Å². The number of rotatable bonds is 5. The number of carbonyl (C=O) groups excluding carboxylic acids is 2. The fourth-order valence-electron chi connectivity index (χ4n) is 2.76. The fraction of sp³-hybridized carbons (Fsp3) is 0.150. The topological polar surface area (TPSA) is 61.2 Å². The van der Waals surface area contributed by atoms with Crippen molar-refractivity contribution in [2.24, 2.45) is 0 Å². The summed E-state index contributed by atoms with van der Waals surface area (Å²) in [6.07, 6.45) is 4.97. The van der Waals surface area contributed by atoms with Gasteiger partial charge in [0.15, 0.2) is 6.29 Å². The van der Waals surface area contributed by atoms with Crippen LogP contribution in [0.15, 0.2) is 54.9 Å². The molecule has 0 aliphatic rings. The maximum Gasteiger partial charge on any atom is 0.338 e. The molecule has 0 atom stereocenters. The number of methoxy groups -OCH3 is 1. The van der Waals surface area contributed by atoms with Gasteiger partial charge in [-0.15, -0.1) is 0 Å². The molecular weight excluding hydrogens is 316 g/mol. The highest BCUT2D eigenvalue weighted by molar-refractivity contribution is 5.98. The van der Waals surface area contributed by atoms with Gasteiger partial charge in [0, 0.05) is 18.0 Å². The molecule has 0 amide bonds. The molecule has 0 aliphatic carbocycles. The van der Waals surface area contributed by atoms with Crippen LogP contribution < -0.4 is 0 Å². The lowest BCUT2D eigenvalue weighted by Gasteiger charge is -2.11. The monoisotopic (exact) mass is 334 g/mol. The molecule has 0 bridgehead atoms. The molecule has 3 aromatic rings. The van der Waals surface area contributed by atoms with Crippen LogP contribution in [0.5, 0.6) is 0 Å². The molecule has 1 heterocycles. The van der Waals surface area contributed by atoms with Crippen molar-refractivity contribution < 1.29 is 14.3 Å². The predicted molar refractivity (Wildman–Crippen MR) is 94.3 cm³/mol. The van der Waals surface area contributed by atoms with Crippen LogP contribution in [0.4, 0.5) is 0 Å². The predicted octanol–water partition coefficient (Wildman–Crippen LogP) is 3.37. The molecule has 5 heteroatoms. The van der Waals surface area contributed by atoms with E-state index in [-0.39, 0.29) is 0 Å². The molecule has 0 saturated heterocycles. The summed E-state index contributed by atoms with van der Waals surface area (Å²) in [7, 11) is 1.31. The summed E-state index contributed by atoms with van der Waals surface area (Å²) in [6.45, 7) is 1.93. The first-order valence-electron chi connectivity index (χ1n) is 7.88. The van der Waals surface area contributed by atoms with E-state index in [1.807, 2.05) is 43.5 Å². The fourth-order valence-corrected chi connectivity index (χ4v) is 2.76. The molecule has 3 rings (SSSR count). The van der Waals surface area contributed by atoms with Gasteiger partial charge in [0.25, 0.3) is 0 Å². The Hall–Kier alpha value is -3.21. The number of aromatic nitrogens is 2. The van der Waals surface area contributed by atoms with Gasteiger partial charge in [0.2, 0.25) is 0 Å². The Kier molecular flexibility index (Phi) is 4.75. The van der Waals surface area contributed by atoms with E-state index in [1.165, 1.54) is 7.11 Å². The quantitative estimate of drug-likeness (QED) is 0.530. The lowest BCUT2D eigenvalue weighted by molar-refractivity contribution is 0.0598. The SMILES string of the molecule is COC(=O)c1cc(Cc2ccc(-n3cccn3)cc2)c(C)cc1C=O. The van der Waals surface area contributed by atoms with E-state index in [0.717, 1.165) is 22.4 Å². The number of aldehydes is 1. The summed E-state index contributed by atoms with van der Waals surface area (Å²) in [5.74, 6) is -0.502. The normalized spacial score (nSPS) is 10.5. The van der Waals surface area contributed by atoms with E-state index in [0.29, 0.717) is 23.8 Å². The summed E-state index contributed by atoms with van der Waals surface area (Å²) in [4.78, 5) is 23.1. The average molecular weight is 334 g/mol. The summed E-state index contributed by atoms with van der Waals surface area (Å²) >= 11 is 0. The van der Waals surface area contributed by atoms with E-state index in [4.69, 9.17) is 4.74 Å². The number of benzene rings is 2. The van der Waals surface area contributed by atoms with Crippen molar-refractivity contribution in [3.05, 3.63) is 82.7 Å². The molecule has 0 N–H and O–H groups in total. The molecule has 2 aromatic carbocycles. The lowest BCUT2D eigenvalue weighted by Crippen LogP contribution is -2.08. The minimum atomic E-state index is -0.502. The first-order valence-corrected chi connectivity index (χ1v) is 7.88. The summed E-state index contributed by atoms with van der Waals surface area (Å²) in [6, 6.07) is 13.4. The number of esters is 1. The molecule has 1 aromatic heterocycles. The van der Waals surface area contributed by atoms with Crippen LogP contribution in [0.25, 0.3) is 5.69 Å². The largest absolute Gasteiger partial charge is 0.465 e. The molecule has 0 radical (unpaired) electrons. The van der Waals surface area contributed by atoms with Crippen LogP contribution in [-0.2, 0) is 11.2 Å². The van der Waals surface area contributed by atoms with E-state index >= 15 is 0 Å². The van der Waals surface area contributed by atoms with Crippen molar-refractivity contribution in [2.75, 3.05) is 7.11 Å². The lowest BCUT2D eigenvalue weighted by atomic mass is 9.95. The maximum atomic E-state index is 11.9. The second kappa shape index (κ2) is 7.13. The number of nitrogens with zero attached hydrogens (tertiary/aromatic N) is 2. The molecule has 0 spiro atoms. The summed E-state index contributed by atoms with van der Waals surface area (Å²) in [5.41, 5.74) is 4.68. The Morgan fingerprint density at radius 3 is 2.60 bits per heavy atom. The van der Waals surface area contributed by atoms with E-state index < -0.39 is 5.97 Å². The van der Waals surface area contributed by atoms with Crippen molar-refractivity contribution in [3.8, 4) is 5.69 Å². The second-order valence-corrected chi connectivity index (χ2v) is 5.77. The highest BCUT2D eigenvalue weighted by Crippen LogP contribution is 2.20. The smallest absolute Gasteiger partial charge is 0.338 e. The molecular formula is C20H18N2O3. The van der Waals surface area contributed by atoms with E-state index in [1.54, 1.807) is 23.0 Å². The number of ether oxygens (including phenoxy) is 1. The van der Waals surface area contributed by atoms with Gasteiger partial charge in [0.05, 0.1) is 18.4 Å². The van der Waals surface area contributed by atoms with Gasteiger partial charge in [0.1, 0.15) is 0 Å². The van der Waals surface area contributed by atoms with Gasteiger partial charge in [-0.05, 0) is 60.4 Å². The van der Waals surface area contributed by atoms with E-state index in [9.17, 15) is 9.59 Å². The van der Waals surface area contributed by atoms with Crippen molar-refractivity contribution in [3.63, 3.8) is 0 Å². The van der Waals surface area contributed by atoms with Crippen molar-refractivity contribution in [1.82, 2.24) is 9.78 Å². The second-order valence-electron chi connectivity index (χ2n) is 5.77. The number of hydrogen-bond acceptors (Lipinski definition) is 4. The molecule has 0 fully saturated rings. The molecule has 126 valence electrons. The van der Waals surface area contributed by atoms with Crippen LogP contribution in [0.3, 0.4) is 0 Å². The van der Waals surface area contributed by atoms with Crippen molar-refractivity contribution in [1.29, 1.82) is 0 Å². The third kappa shape index (κ3) is 3.50. The standard InChI is InChI=1S/C20H18N2O3/c1-14-10-17(13-23)19(20(24)25-2)12-16(14)11-15-4-6-18(7-5-15)22-9-3-8-21-22/h3-10,12-13H,11H2,1-2H3. The van der Waals surface area contributed by atoms with Crippen LogP contribution in [0.1, 0.15) is 37.4 Å². The molecule has 0 aliphatic heterocycles. The van der Waals surface area contributed by atoms with Crippen LogP contribution >= 0.6 is 0 Å². The zero-order valence-corrected chi connectivity index (χ0v) is 14.1. The maximum absolute atomic E-state index is 11.9. The molecule has 0 saturated carbocycles. The third-order valence-corrected chi connectivity index (χ3v) is 4.14. The highest BCUT2D eigenvalue weighted by atomic mass is 16.5.